The summed E-state index contributed by atoms with van der Waals surface area (Å²) in [5, 5.41) is 1.91. The van der Waals surface area contributed by atoms with Gasteiger partial charge in [-0.05, 0) is 24.7 Å². The summed E-state index contributed by atoms with van der Waals surface area (Å²) in [5.74, 6) is 2.15. The summed E-state index contributed by atoms with van der Waals surface area (Å²) in [6.07, 6.45) is 6.03. The smallest absolute Gasteiger partial charge is 0.00528 e. The van der Waals surface area contributed by atoms with Gasteiger partial charge in [0.05, 0.1) is 0 Å². The van der Waals surface area contributed by atoms with E-state index in [2.05, 4.69) is 25.6 Å². The fourth-order valence-corrected chi connectivity index (χ4v) is 4.65. The molecule has 0 radical (unpaired) electrons. The fraction of sp³-hybridized carbons (Fsp3) is 1.00. The summed E-state index contributed by atoms with van der Waals surface area (Å²) < 4.78 is 0. The van der Waals surface area contributed by atoms with Crippen molar-refractivity contribution in [1.82, 2.24) is 0 Å². The van der Waals surface area contributed by atoms with Gasteiger partial charge < -0.3 is 0 Å². The first kappa shape index (κ1) is 24.4. The van der Waals surface area contributed by atoms with Crippen LogP contribution in [-0.4, -0.2) is 10.5 Å². The van der Waals surface area contributed by atoms with Gasteiger partial charge in [-0.3, -0.25) is 0 Å². The maximum absolute atomic E-state index is 2.43. The summed E-state index contributed by atoms with van der Waals surface area (Å²) in [6.45, 7) is 20.9. The Morgan fingerprint density at radius 2 is 0.842 bits per heavy atom. The van der Waals surface area contributed by atoms with Crippen LogP contribution in [-0.2, 0) is 0 Å². The van der Waals surface area contributed by atoms with E-state index >= 15 is 0 Å². The monoisotopic (exact) mass is 290 g/mol. The van der Waals surface area contributed by atoms with Crippen LogP contribution in [0.1, 0.15) is 94.9 Å². The van der Waals surface area contributed by atoms with Crippen molar-refractivity contribution in [3.63, 3.8) is 0 Å². The van der Waals surface area contributed by atoms with Crippen molar-refractivity contribution in [3.8, 4) is 0 Å². The second kappa shape index (κ2) is 18.4. The van der Waals surface area contributed by atoms with Crippen LogP contribution in [0, 0.1) is 11.8 Å². The van der Waals surface area contributed by atoms with Crippen LogP contribution in [0.25, 0.3) is 0 Å². The highest BCUT2D eigenvalue weighted by Crippen LogP contribution is 2.49. The average Bonchev–Trinajstić information content (AvgIpc) is 2.83. The van der Waals surface area contributed by atoms with Gasteiger partial charge in [-0.15, -0.1) is 0 Å². The molecule has 0 spiro atoms. The lowest BCUT2D eigenvalue weighted by molar-refractivity contribution is 0.254. The normalized spacial score (nSPS) is 30.6. The standard InChI is InChI=1S/C10H18S.4C2H6/c1-7-9-5-3-4-6-10(9)8(2)11-7;4*1-2/h7-10H,3-6H2,1-2H3;4*1-2H3. The Kier molecular flexibility index (Phi) is 23.5. The maximum atomic E-state index is 2.43. The van der Waals surface area contributed by atoms with Gasteiger partial charge in [0.25, 0.3) is 0 Å². The first-order valence-electron chi connectivity index (χ1n) is 8.94. The van der Waals surface area contributed by atoms with Crippen molar-refractivity contribution >= 4 is 11.8 Å². The van der Waals surface area contributed by atoms with Crippen molar-refractivity contribution in [3.05, 3.63) is 0 Å². The van der Waals surface area contributed by atoms with Crippen LogP contribution < -0.4 is 0 Å². The summed E-state index contributed by atoms with van der Waals surface area (Å²) >= 11 is 2.23. The Balaban J connectivity index is -0.000000278. The summed E-state index contributed by atoms with van der Waals surface area (Å²) in [7, 11) is 0. The second-order valence-electron chi connectivity index (χ2n) is 4.16. The summed E-state index contributed by atoms with van der Waals surface area (Å²) in [4.78, 5) is 0. The van der Waals surface area contributed by atoms with Gasteiger partial charge in [0.15, 0.2) is 0 Å². The molecule has 0 N–H and O–H groups in total. The van der Waals surface area contributed by atoms with E-state index in [0.717, 1.165) is 22.3 Å². The minimum atomic E-state index is 0.954. The third kappa shape index (κ3) is 9.00. The quantitative estimate of drug-likeness (QED) is 0.447. The predicted molar refractivity (Wildman–Crippen MR) is 97.4 cm³/mol. The first-order valence-corrected chi connectivity index (χ1v) is 9.89. The highest BCUT2D eigenvalue weighted by molar-refractivity contribution is 8.00. The Morgan fingerprint density at radius 3 is 1.11 bits per heavy atom. The van der Waals surface area contributed by atoms with E-state index < -0.39 is 0 Å². The molecular formula is C18H42S. The molecule has 2 aliphatic rings. The third-order valence-corrected chi connectivity index (χ3v) is 5.07. The van der Waals surface area contributed by atoms with Crippen molar-refractivity contribution in [2.75, 3.05) is 0 Å². The number of fused-ring (bicyclic) bond motifs is 1. The molecule has 120 valence electrons. The molecule has 0 aromatic carbocycles. The number of rotatable bonds is 0. The highest BCUT2D eigenvalue weighted by atomic mass is 32.2. The minimum absolute atomic E-state index is 0.954. The molecule has 0 nitrogen and oxygen atoms in total. The van der Waals surface area contributed by atoms with Crippen LogP contribution in [0.2, 0.25) is 0 Å². The third-order valence-electron chi connectivity index (χ3n) is 3.51. The van der Waals surface area contributed by atoms with Crippen LogP contribution in [0.4, 0.5) is 0 Å². The van der Waals surface area contributed by atoms with E-state index in [1.807, 2.05) is 55.4 Å². The van der Waals surface area contributed by atoms with E-state index in [0.29, 0.717) is 0 Å². The molecule has 1 heteroatoms. The van der Waals surface area contributed by atoms with Gasteiger partial charge in [0.1, 0.15) is 0 Å². The lowest BCUT2D eigenvalue weighted by atomic mass is 9.77. The molecule has 1 aliphatic heterocycles. The molecule has 0 amide bonds. The Hall–Kier alpha value is 0.350. The molecule has 4 atom stereocenters. The van der Waals surface area contributed by atoms with Gasteiger partial charge in [-0.1, -0.05) is 82.1 Å². The maximum Gasteiger partial charge on any atom is 0.00528 e. The highest BCUT2D eigenvalue weighted by Gasteiger charge is 2.40. The lowest BCUT2D eigenvalue weighted by Gasteiger charge is -2.28. The molecule has 2 rings (SSSR count). The molecule has 0 aromatic rings. The zero-order chi connectivity index (χ0) is 15.8. The summed E-state index contributed by atoms with van der Waals surface area (Å²) in [5.41, 5.74) is 0. The van der Waals surface area contributed by atoms with E-state index in [-0.39, 0.29) is 0 Å². The minimum Gasteiger partial charge on any atom is -0.155 e. The van der Waals surface area contributed by atoms with E-state index in [4.69, 9.17) is 0 Å². The average molecular weight is 291 g/mol. The molecular weight excluding hydrogens is 248 g/mol. The second-order valence-corrected chi connectivity index (χ2v) is 5.92. The molecule has 1 aliphatic carbocycles. The Morgan fingerprint density at radius 1 is 0.579 bits per heavy atom. The van der Waals surface area contributed by atoms with Crippen LogP contribution in [0.15, 0.2) is 0 Å². The Bertz CT molecular complexity index is 129. The van der Waals surface area contributed by atoms with E-state index in [1.165, 1.54) is 25.7 Å². The molecule has 1 saturated heterocycles. The van der Waals surface area contributed by atoms with Crippen molar-refractivity contribution < 1.29 is 0 Å². The lowest BCUT2D eigenvalue weighted by Crippen LogP contribution is -2.23. The molecule has 0 aromatic heterocycles. The van der Waals surface area contributed by atoms with Crippen LogP contribution >= 0.6 is 11.8 Å². The fourth-order valence-electron chi connectivity index (χ4n) is 2.89. The SMILES string of the molecule is CC.CC.CC.CC.CC1SC(C)C2CCCCC12. The zero-order valence-corrected chi connectivity index (χ0v) is 16.4. The van der Waals surface area contributed by atoms with E-state index in [1.54, 1.807) is 0 Å². The molecule has 4 unspecified atom stereocenters. The largest absolute Gasteiger partial charge is 0.155 e. The Labute approximate surface area is 129 Å². The number of hydrogen-bond donors (Lipinski definition) is 0. The van der Waals surface area contributed by atoms with Crippen molar-refractivity contribution in [1.29, 1.82) is 0 Å². The summed E-state index contributed by atoms with van der Waals surface area (Å²) in [6, 6.07) is 0. The van der Waals surface area contributed by atoms with Crippen molar-refractivity contribution in [2.24, 2.45) is 11.8 Å². The van der Waals surface area contributed by atoms with Crippen LogP contribution in [0.5, 0.6) is 0 Å². The zero-order valence-electron chi connectivity index (χ0n) is 15.5. The van der Waals surface area contributed by atoms with Crippen molar-refractivity contribution in [2.45, 2.75) is 105 Å². The topological polar surface area (TPSA) is 0 Å². The molecule has 0 bridgehead atoms. The molecule has 19 heavy (non-hydrogen) atoms. The van der Waals surface area contributed by atoms with Crippen LogP contribution in [0.3, 0.4) is 0 Å². The molecule has 2 fully saturated rings. The van der Waals surface area contributed by atoms with Gasteiger partial charge >= 0.3 is 0 Å². The van der Waals surface area contributed by atoms with E-state index in [9.17, 15) is 0 Å². The van der Waals surface area contributed by atoms with Gasteiger partial charge in [0, 0.05) is 10.5 Å². The first-order chi connectivity index (χ1) is 9.29. The van der Waals surface area contributed by atoms with Gasteiger partial charge in [0.2, 0.25) is 0 Å². The van der Waals surface area contributed by atoms with Gasteiger partial charge in [-0.2, -0.15) is 11.8 Å². The predicted octanol–water partition coefficient (Wildman–Crippen LogP) is 7.42. The number of hydrogen-bond acceptors (Lipinski definition) is 1. The molecule has 1 heterocycles. The number of thioether (sulfide) groups is 1. The molecule has 1 saturated carbocycles. The van der Waals surface area contributed by atoms with Gasteiger partial charge in [-0.25, -0.2) is 0 Å².